The Hall–Kier alpha value is -0.910. The Morgan fingerprint density at radius 2 is 2.38 bits per heavy atom. The quantitative estimate of drug-likeness (QED) is 0.764. The van der Waals surface area contributed by atoms with Crippen LogP contribution in [0, 0.1) is 0 Å². The predicted octanol–water partition coefficient (Wildman–Crippen LogP) is 0.630. The third-order valence-electron chi connectivity index (χ3n) is 3.49. The number of nitrogens with zero attached hydrogens (tertiary/aromatic N) is 3. The van der Waals surface area contributed by atoms with Gasteiger partial charge >= 0.3 is 0 Å². The first-order chi connectivity index (χ1) is 7.60. The summed E-state index contributed by atoms with van der Waals surface area (Å²) in [6.07, 6.45) is 2.92. The number of hydrogen-bond donors (Lipinski definition) is 1. The van der Waals surface area contributed by atoms with E-state index in [1.165, 1.54) is 5.56 Å². The first kappa shape index (κ1) is 10.3. The van der Waals surface area contributed by atoms with Gasteiger partial charge in [0.2, 0.25) is 0 Å². The molecule has 2 atom stereocenters. The summed E-state index contributed by atoms with van der Waals surface area (Å²) in [5.41, 5.74) is 1.42. The van der Waals surface area contributed by atoms with Crippen molar-refractivity contribution in [2.45, 2.75) is 45.3 Å². The van der Waals surface area contributed by atoms with Gasteiger partial charge in [-0.25, -0.2) is 4.68 Å². The van der Waals surface area contributed by atoms with Gasteiger partial charge in [0.1, 0.15) is 6.23 Å². The first-order valence-electron chi connectivity index (χ1n) is 5.76. The highest BCUT2D eigenvalue weighted by molar-refractivity contribution is 5.22. The summed E-state index contributed by atoms with van der Waals surface area (Å²) < 4.78 is 6.94. The largest absolute Gasteiger partial charge is 0.369 e. The van der Waals surface area contributed by atoms with Crippen molar-refractivity contribution in [3.63, 3.8) is 0 Å². The normalized spacial score (nSPS) is 27.8. The Labute approximate surface area is 94.6 Å². The maximum atomic E-state index is 10.1. The predicted molar refractivity (Wildman–Crippen MR) is 57.4 cm³/mol. The van der Waals surface area contributed by atoms with E-state index in [2.05, 4.69) is 10.00 Å². The molecule has 88 valence electrons. The minimum Gasteiger partial charge on any atom is -0.369 e. The molecule has 0 saturated carbocycles. The maximum absolute atomic E-state index is 10.1. The molecular weight excluding hydrogens is 206 g/mol. The van der Waals surface area contributed by atoms with Gasteiger partial charge in [0.25, 0.3) is 0 Å². The third-order valence-corrected chi connectivity index (χ3v) is 3.49. The van der Waals surface area contributed by atoms with Crippen LogP contribution in [0.3, 0.4) is 0 Å². The van der Waals surface area contributed by atoms with Crippen molar-refractivity contribution in [3.05, 3.63) is 17.5 Å². The van der Waals surface area contributed by atoms with Gasteiger partial charge in [0.15, 0.2) is 5.72 Å². The molecule has 0 aromatic carbocycles. The van der Waals surface area contributed by atoms with E-state index in [0.29, 0.717) is 12.6 Å². The molecule has 1 saturated heterocycles. The Kier molecular flexibility index (Phi) is 2.11. The molecule has 1 aromatic rings. The smallest absolute Gasteiger partial charge is 0.154 e. The van der Waals surface area contributed by atoms with Gasteiger partial charge in [-0.2, -0.15) is 5.10 Å². The Bertz CT molecular complexity index is 386. The van der Waals surface area contributed by atoms with Crippen LogP contribution in [0.25, 0.3) is 0 Å². The van der Waals surface area contributed by atoms with E-state index in [9.17, 15) is 5.11 Å². The monoisotopic (exact) mass is 223 g/mol. The molecule has 0 spiro atoms. The zero-order valence-electron chi connectivity index (χ0n) is 9.68. The van der Waals surface area contributed by atoms with Crippen molar-refractivity contribution < 1.29 is 9.84 Å². The third kappa shape index (κ3) is 1.55. The molecule has 1 aromatic heterocycles. The SMILES string of the molecule is CCC(C)(O)n1cc2c(n1)CN(C1CO1)C2. The second kappa shape index (κ2) is 3.29. The van der Waals surface area contributed by atoms with Crippen molar-refractivity contribution >= 4 is 0 Å². The minimum absolute atomic E-state index is 0.300. The molecule has 3 rings (SSSR count). The molecule has 1 fully saturated rings. The first-order valence-corrected chi connectivity index (χ1v) is 5.76. The fourth-order valence-electron chi connectivity index (χ4n) is 2.04. The van der Waals surface area contributed by atoms with E-state index in [4.69, 9.17) is 4.74 Å². The van der Waals surface area contributed by atoms with Gasteiger partial charge in [-0.1, -0.05) is 6.92 Å². The molecule has 3 heterocycles. The lowest BCUT2D eigenvalue weighted by Crippen LogP contribution is -2.30. The minimum atomic E-state index is -0.870. The molecule has 2 unspecified atom stereocenters. The fraction of sp³-hybridized carbons (Fsp3) is 0.727. The zero-order valence-corrected chi connectivity index (χ0v) is 9.68. The number of ether oxygens (including phenoxy) is 1. The summed E-state index contributed by atoms with van der Waals surface area (Å²) >= 11 is 0. The molecule has 16 heavy (non-hydrogen) atoms. The molecule has 0 bridgehead atoms. The van der Waals surface area contributed by atoms with E-state index in [1.54, 1.807) is 11.6 Å². The van der Waals surface area contributed by atoms with Crippen LogP contribution >= 0.6 is 0 Å². The van der Waals surface area contributed by atoms with Crippen molar-refractivity contribution in [3.8, 4) is 0 Å². The molecule has 5 heteroatoms. The van der Waals surface area contributed by atoms with E-state index in [-0.39, 0.29) is 0 Å². The van der Waals surface area contributed by atoms with Crippen LogP contribution in [0.1, 0.15) is 31.5 Å². The van der Waals surface area contributed by atoms with Gasteiger partial charge in [0.05, 0.1) is 12.3 Å². The van der Waals surface area contributed by atoms with Gasteiger partial charge in [-0.05, 0) is 13.3 Å². The summed E-state index contributed by atoms with van der Waals surface area (Å²) in [5.74, 6) is 0. The topological polar surface area (TPSA) is 53.8 Å². The lowest BCUT2D eigenvalue weighted by molar-refractivity contribution is -0.0344. The summed E-state index contributed by atoms with van der Waals surface area (Å²) in [7, 11) is 0. The number of hydrogen-bond acceptors (Lipinski definition) is 4. The van der Waals surface area contributed by atoms with Crippen molar-refractivity contribution in [2.75, 3.05) is 6.61 Å². The maximum Gasteiger partial charge on any atom is 0.154 e. The van der Waals surface area contributed by atoms with Gasteiger partial charge in [-0.15, -0.1) is 0 Å². The van der Waals surface area contributed by atoms with E-state index in [0.717, 1.165) is 25.4 Å². The summed E-state index contributed by atoms with van der Waals surface area (Å²) in [6.45, 7) is 6.32. The lowest BCUT2D eigenvalue weighted by Gasteiger charge is -2.22. The highest BCUT2D eigenvalue weighted by Crippen LogP contribution is 2.29. The molecule has 5 nitrogen and oxygen atoms in total. The van der Waals surface area contributed by atoms with Crippen LogP contribution in [0.15, 0.2) is 6.20 Å². The number of fused-ring (bicyclic) bond motifs is 1. The Morgan fingerprint density at radius 3 is 2.94 bits per heavy atom. The standard InChI is InChI=1S/C11H17N3O2/c1-3-11(2,15)14-5-8-4-13(10-7-16-10)6-9(8)12-14/h5,10,15H,3-4,6-7H2,1-2H3. The summed E-state index contributed by atoms with van der Waals surface area (Å²) in [4.78, 5) is 2.27. The van der Waals surface area contributed by atoms with E-state index in [1.807, 2.05) is 13.1 Å². The number of aliphatic hydroxyl groups is 1. The molecule has 1 N–H and O–H groups in total. The zero-order chi connectivity index (χ0) is 11.3. The van der Waals surface area contributed by atoms with E-state index >= 15 is 0 Å². The Morgan fingerprint density at radius 1 is 1.62 bits per heavy atom. The average Bonchev–Trinajstić information content (AvgIpc) is 2.89. The van der Waals surface area contributed by atoms with E-state index < -0.39 is 5.72 Å². The molecule has 0 aliphatic carbocycles. The summed E-state index contributed by atoms with van der Waals surface area (Å²) in [6, 6.07) is 0. The fourth-order valence-corrected chi connectivity index (χ4v) is 2.04. The lowest BCUT2D eigenvalue weighted by atomic mass is 10.2. The molecule has 0 amide bonds. The van der Waals surface area contributed by atoms with Gasteiger partial charge in [0, 0.05) is 24.8 Å². The molecule has 0 radical (unpaired) electrons. The average molecular weight is 223 g/mol. The van der Waals surface area contributed by atoms with Crippen LogP contribution in [0.5, 0.6) is 0 Å². The van der Waals surface area contributed by atoms with Crippen LogP contribution in [0.4, 0.5) is 0 Å². The van der Waals surface area contributed by atoms with Gasteiger partial charge < -0.3 is 9.84 Å². The van der Waals surface area contributed by atoms with Crippen LogP contribution < -0.4 is 0 Å². The van der Waals surface area contributed by atoms with Crippen LogP contribution in [0.2, 0.25) is 0 Å². The molecule has 2 aliphatic rings. The highest BCUT2D eigenvalue weighted by atomic mass is 16.6. The van der Waals surface area contributed by atoms with Crippen LogP contribution in [-0.4, -0.2) is 32.6 Å². The van der Waals surface area contributed by atoms with Crippen LogP contribution in [-0.2, 0) is 23.6 Å². The van der Waals surface area contributed by atoms with Crippen molar-refractivity contribution in [2.24, 2.45) is 0 Å². The van der Waals surface area contributed by atoms with Crippen molar-refractivity contribution in [1.29, 1.82) is 0 Å². The second-order valence-electron chi connectivity index (χ2n) is 4.81. The number of epoxide rings is 1. The molecular formula is C11H17N3O2. The summed E-state index contributed by atoms with van der Waals surface area (Å²) in [5, 5.41) is 14.6. The van der Waals surface area contributed by atoms with Gasteiger partial charge in [-0.3, -0.25) is 4.90 Å². The number of aromatic nitrogens is 2. The highest BCUT2D eigenvalue weighted by Gasteiger charge is 2.36. The second-order valence-corrected chi connectivity index (χ2v) is 4.81. The van der Waals surface area contributed by atoms with Crippen molar-refractivity contribution in [1.82, 2.24) is 14.7 Å². The Balaban J connectivity index is 1.81. The number of rotatable bonds is 3. The molecule has 2 aliphatic heterocycles.